The number of aliphatic carboxylic acids is 1. The van der Waals surface area contributed by atoms with Crippen molar-refractivity contribution in [3.63, 3.8) is 0 Å². The van der Waals surface area contributed by atoms with Gasteiger partial charge in [-0.2, -0.15) is 0 Å². The highest BCUT2D eigenvalue weighted by atomic mass is 16.5. The molecular weight excluding hydrogens is 250 g/mol. The van der Waals surface area contributed by atoms with Crippen molar-refractivity contribution in [2.45, 2.75) is 39.7 Å². The van der Waals surface area contributed by atoms with E-state index in [1.54, 1.807) is 6.92 Å². The van der Waals surface area contributed by atoms with Crippen molar-refractivity contribution in [1.82, 2.24) is 5.32 Å². The van der Waals surface area contributed by atoms with E-state index < -0.39 is 18.0 Å². The number of carbonyl (C=O) groups is 3. The van der Waals surface area contributed by atoms with E-state index in [-0.39, 0.29) is 31.3 Å². The lowest BCUT2D eigenvalue weighted by atomic mass is 10.1. The molecule has 0 bridgehead atoms. The number of hydrogen-bond acceptors (Lipinski definition) is 4. The van der Waals surface area contributed by atoms with Crippen molar-refractivity contribution in [3.8, 4) is 0 Å². The van der Waals surface area contributed by atoms with Crippen LogP contribution >= 0.6 is 0 Å². The first kappa shape index (κ1) is 17.2. The third-order valence-electron chi connectivity index (χ3n) is 2.14. The average molecular weight is 271 g/mol. The van der Waals surface area contributed by atoms with Crippen molar-refractivity contribution in [1.29, 1.82) is 0 Å². The van der Waals surface area contributed by atoms with E-state index in [9.17, 15) is 14.4 Å². The number of carboxylic acids is 1. The Hall–Kier alpha value is -1.85. The summed E-state index contributed by atoms with van der Waals surface area (Å²) >= 11 is 0. The summed E-state index contributed by atoms with van der Waals surface area (Å²) < 4.78 is 4.66. The van der Waals surface area contributed by atoms with Gasteiger partial charge >= 0.3 is 11.9 Å². The fraction of sp³-hybridized carbons (Fsp3) is 0.615. The van der Waals surface area contributed by atoms with Gasteiger partial charge in [0.05, 0.1) is 6.61 Å². The first-order chi connectivity index (χ1) is 8.86. The molecule has 0 aliphatic carbocycles. The number of hydrogen-bond donors (Lipinski definition) is 2. The van der Waals surface area contributed by atoms with E-state index in [1.807, 2.05) is 13.8 Å². The zero-order valence-corrected chi connectivity index (χ0v) is 11.5. The molecule has 108 valence electrons. The molecule has 1 atom stereocenters. The highest BCUT2D eigenvalue weighted by Crippen LogP contribution is 2.01. The zero-order valence-electron chi connectivity index (χ0n) is 11.5. The summed E-state index contributed by atoms with van der Waals surface area (Å²) in [4.78, 5) is 33.5. The maximum Gasteiger partial charge on any atom is 0.330 e. The van der Waals surface area contributed by atoms with Crippen LogP contribution in [0.3, 0.4) is 0 Å². The van der Waals surface area contributed by atoms with E-state index in [4.69, 9.17) is 5.11 Å². The third kappa shape index (κ3) is 8.82. The Kier molecular flexibility index (Phi) is 8.24. The second-order valence-electron chi connectivity index (χ2n) is 4.45. The van der Waals surface area contributed by atoms with Gasteiger partial charge in [-0.3, -0.25) is 4.79 Å². The number of rotatable bonds is 8. The first-order valence-corrected chi connectivity index (χ1v) is 6.22. The first-order valence-electron chi connectivity index (χ1n) is 6.22. The molecular formula is C13H21NO5. The predicted molar refractivity (Wildman–Crippen MR) is 69.4 cm³/mol. The number of carbonyl (C=O) groups excluding carboxylic acids is 2. The second kappa shape index (κ2) is 9.13. The van der Waals surface area contributed by atoms with Crippen molar-refractivity contribution in [3.05, 3.63) is 12.2 Å². The smallest absolute Gasteiger partial charge is 0.330 e. The lowest BCUT2D eigenvalue weighted by Gasteiger charge is -2.13. The summed E-state index contributed by atoms with van der Waals surface area (Å²) in [6.07, 6.45) is 2.85. The maximum absolute atomic E-state index is 11.5. The van der Waals surface area contributed by atoms with Crippen LogP contribution in [0.4, 0.5) is 0 Å². The van der Waals surface area contributed by atoms with E-state index in [0.717, 1.165) is 6.08 Å². The lowest BCUT2D eigenvalue weighted by molar-refractivity contribution is -0.142. The van der Waals surface area contributed by atoms with Crippen molar-refractivity contribution < 1.29 is 24.2 Å². The van der Waals surface area contributed by atoms with Crippen molar-refractivity contribution in [2.24, 2.45) is 5.92 Å². The molecule has 0 radical (unpaired) electrons. The average Bonchev–Trinajstić information content (AvgIpc) is 2.26. The Bertz CT molecular complexity index is 349. The molecule has 0 saturated carbocycles. The molecule has 19 heavy (non-hydrogen) atoms. The Morgan fingerprint density at radius 1 is 1.32 bits per heavy atom. The molecule has 1 amide bonds. The highest BCUT2D eigenvalue weighted by molar-refractivity contribution is 5.84. The summed E-state index contributed by atoms with van der Waals surface area (Å²) in [6.45, 7) is 5.68. The van der Waals surface area contributed by atoms with Gasteiger partial charge < -0.3 is 15.2 Å². The monoisotopic (exact) mass is 271 g/mol. The van der Waals surface area contributed by atoms with E-state index in [0.29, 0.717) is 0 Å². The van der Waals surface area contributed by atoms with Crippen LogP contribution in [-0.4, -0.2) is 35.6 Å². The predicted octanol–water partition coefficient (Wildman–Crippen LogP) is 1.11. The fourth-order valence-corrected chi connectivity index (χ4v) is 1.34. The third-order valence-corrected chi connectivity index (χ3v) is 2.14. The number of amides is 1. The van der Waals surface area contributed by atoms with Gasteiger partial charge in [0.2, 0.25) is 5.91 Å². The molecule has 0 fully saturated rings. The summed E-state index contributed by atoms with van der Waals surface area (Å²) in [7, 11) is 0. The van der Waals surface area contributed by atoms with Gasteiger partial charge in [-0.15, -0.1) is 0 Å². The Morgan fingerprint density at radius 3 is 2.42 bits per heavy atom. The summed E-state index contributed by atoms with van der Waals surface area (Å²) in [6, 6.07) is -1.03. The van der Waals surface area contributed by atoms with E-state index >= 15 is 0 Å². The van der Waals surface area contributed by atoms with Gasteiger partial charge in [-0.1, -0.05) is 19.9 Å². The molecule has 0 aromatic carbocycles. The van der Waals surface area contributed by atoms with Gasteiger partial charge in [-0.05, 0) is 19.3 Å². The van der Waals surface area contributed by atoms with Crippen LogP contribution in [0.2, 0.25) is 0 Å². The molecule has 0 rings (SSSR count). The molecule has 6 nitrogen and oxygen atoms in total. The molecule has 0 aliphatic heterocycles. The molecule has 6 heteroatoms. The zero-order chi connectivity index (χ0) is 14.8. The standard InChI is InChI=1S/C13H21NO5/c1-4-19-12(16)7-5-6-10(13(17)18)14-11(15)8-9(2)3/h5,7,9-10H,4,6,8H2,1-3H3,(H,14,15)(H,17,18)/b7-5+/t10-/m1/s1. The van der Waals surface area contributed by atoms with Crippen LogP contribution in [0.25, 0.3) is 0 Å². The normalized spacial score (nSPS) is 12.4. The Labute approximate surface area is 112 Å². The largest absolute Gasteiger partial charge is 0.480 e. The highest BCUT2D eigenvalue weighted by Gasteiger charge is 2.18. The Morgan fingerprint density at radius 2 is 1.95 bits per heavy atom. The van der Waals surface area contributed by atoms with Gasteiger partial charge in [0, 0.05) is 12.5 Å². The molecule has 0 saturated heterocycles. The van der Waals surface area contributed by atoms with Gasteiger partial charge in [0.15, 0.2) is 0 Å². The summed E-state index contributed by atoms with van der Waals surface area (Å²) in [5, 5.41) is 11.4. The molecule has 0 aromatic heterocycles. The second-order valence-corrected chi connectivity index (χ2v) is 4.45. The van der Waals surface area contributed by atoms with Crippen LogP contribution in [0, 0.1) is 5.92 Å². The number of ether oxygens (including phenoxy) is 1. The van der Waals surface area contributed by atoms with E-state index in [1.165, 1.54) is 6.08 Å². The van der Waals surface area contributed by atoms with E-state index in [2.05, 4.69) is 10.1 Å². The minimum Gasteiger partial charge on any atom is -0.480 e. The summed E-state index contributed by atoms with van der Waals surface area (Å²) in [5.74, 6) is -1.82. The molecule has 0 aromatic rings. The van der Waals surface area contributed by atoms with Crippen molar-refractivity contribution >= 4 is 17.8 Å². The maximum atomic E-state index is 11.5. The van der Waals surface area contributed by atoms with Crippen LogP contribution in [0.15, 0.2) is 12.2 Å². The minimum atomic E-state index is -1.13. The van der Waals surface area contributed by atoms with Gasteiger partial charge in [0.25, 0.3) is 0 Å². The van der Waals surface area contributed by atoms with Crippen molar-refractivity contribution in [2.75, 3.05) is 6.61 Å². The molecule has 2 N–H and O–H groups in total. The van der Waals surface area contributed by atoms with Crippen LogP contribution in [-0.2, 0) is 19.1 Å². The quantitative estimate of drug-likeness (QED) is 0.509. The van der Waals surface area contributed by atoms with Gasteiger partial charge in [0.1, 0.15) is 6.04 Å². The SMILES string of the molecule is CCOC(=O)/C=C/C[C@@H](NC(=O)CC(C)C)C(=O)O. The number of nitrogens with one attached hydrogen (secondary N) is 1. The van der Waals surface area contributed by atoms with Crippen LogP contribution < -0.4 is 5.32 Å². The Balaban J connectivity index is 4.31. The number of esters is 1. The molecule has 0 aliphatic rings. The minimum absolute atomic E-state index is 0.0397. The fourth-order valence-electron chi connectivity index (χ4n) is 1.34. The summed E-state index contributed by atoms with van der Waals surface area (Å²) in [5.41, 5.74) is 0. The lowest BCUT2D eigenvalue weighted by Crippen LogP contribution is -2.40. The number of carboxylic acid groups (broad SMARTS) is 1. The van der Waals surface area contributed by atoms with Gasteiger partial charge in [-0.25, -0.2) is 9.59 Å². The molecule has 0 heterocycles. The molecule has 0 unspecified atom stereocenters. The topological polar surface area (TPSA) is 92.7 Å². The van der Waals surface area contributed by atoms with Crippen LogP contribution in [0.5, 0.6) is 0 Å². The molecule has 0 spiro atoms. The van der Waals surface area contributed by atoms with Crippen LogP contribution in [0.1, 0.15) is 33.6 Å².